The highest BCUT2D eigenvalue weighted by atomic mass is 16.5. The molecule has 0 spiro atoms. The van der Waals surface area contributed by atoms with Crippen LogP contribution < -0.4 is 10.1 Å². The van der Waals surface area contributed by atoms with Crippen molar-refractivity contribution in [2.75, 3.05) is 7.11 Å². The molecule has 1 aromatic heterocycles. The molecule has 138 valence electrons. The molecule has 0 bridgehead atoms. The highest BCUT2D eigenvalue weighted by molar-refractivity contribution is 5.93. The van der Waals surface area contributed by atoms with Crippen LogP contribution in [0.3, 0.4) is 0 Å². The maximum absolute atomic E-state index is 12.5. The predicted octanol–water partition coefficient (Wildman–Crippen LogP) is 2.49. The van der Waals surface area contributed by atoms with Gasteiger partial charge in [-0.2, -0.15) is 0 Å². The Kier molecular flexibility index (Phi) is 4.84. The van der Waals surface area contributed by atoms with E-state index in [2.05, 4.69) is 15.6 Å². The standard InChI is InChI=1S/C20H20N4O3/c1-26-16-9-7-14(8-10-16)11-21-20(25)19-17-13-27-18(12-24(17)23-22-19)15-5-3-2-4-6-15/h2-10,18H,11-13H2,1H3,(H,21,25)/t18-/m1/s1. The summed E-state index contributed by atoms with van der Waals surface area (Å²) < 4.78 is 12.8. The Hall–Kier alpha value is -3.19. The normalized spacial score (nSPS) is 15.8. The van der Waals surface area contributed by atoms with E-state index in [4.69, 9.17) is 9.47 Å². The number of nitrogens with zero attached hydrogens (tertiary/aromatic N) is 3. The molecule has 1 N–H and O–H groups in total. The fourth-order valence-corrected chi connectivity index (χ4v) is 3.07. The molecule has 4 rings (SSSR count). The zero-order valence-electron chi connectivity index (χ0n) is 15.0. The molecule has 0 saturated heterocycles. The lowest BCUT2D eigenvalue weighted by Gasteiger charge is -2.24. The number of amides is 1. The molecule has 0 fully saturated rings. The number of fused-ring (bicyclic) bond motifs is 1. The second-order valence-corrected chi connectivity index (χ2v) is 6.31. The number of carbonyl (C=O) groups is 1. The van der Waals surface area contributed by atoms with Crippen LogP contribution in [-0.2, 0) is 24.4 Å². The summed E-state index contributed by atoms with van der Waals surface area (Å²) >= 11 is 0. The number of aromatic nitrogens is 3. The van der Waals surface area contributed by atoms with E-state index in [1.165, 1.54) is 0 Å². The third-order valence-electron chi connectivity index (χ3n) is 4.60. The highest BCUT2D eigenvalue weighted by Crippen LogP contribution is 2.26. The Morgan fingerprint density at radius 2 is 2.00 bits per heavy atom. The molecule has 2 aromatic carbocycles. The smallest absolute Gasteiger partial charge is 0.274 e. The molecule has 1 aliphatic heterocycles. The van der Waals surface area contributed by atoms with Crippen molar-refractivity contribution < 1.29 is 14.3 Å². The first-order valence-electron chi connectivity index (χ1n) is 8.74. The zero-order chi connectivity index (χ0) is 18.6. The van der Waals surface area contributed by atoms with Crippen LogP contribution >= 0.6 is 0 Å². The van der Waals surface area contributed by atoms with Gasteiger partial charge in [-0.1, -0.05) is 47.7 Å². The minimum atomic E-state index is -0.256. The Labute approximate surface area is 156 Å². The molecule has 7 heteroatoms. The fraction of sp³-hybridized carbons (Fsp3) is 0.250. The molecule has 1 amide bonds. The van der Waals surface area contributed by atoms with Gasteiger partial charge in [-0.25, -0.2) is 4.68 Å². The quantitative estimate of drug-likeness (QED) is 0.753. The number of hydrogen-bond donors (Lipinski definition) is 1. The molecule has 0 aliphatic carbocycles. The van der Waals surface area contributed by atoms with E-state index in [0.29, 0.717) is 31.1 Å². The van der Waals surface area contributed by atoms with E-state index in [1.54, 1.807) is 11.8 Å². The van der Waals surface area contributed by atoms with E-state index in [-0.39, 0.29) is 12.0 Å². The van der Waals surface area contributed by atoms with E-state index in [0.717, 1.165) is 16.9 Å². The molecule has 27 heavy (non-hydrogen) atoms. The van der Waals surface area contributed by atoms with Gasteiger partial charge >= 0.3 is 0 Å². The van der Waals surface area contributed by atoms with Crippen LogP contribution in [0.2, 0.25) is 0 Å². The van der Waals surface area contributed by atoms with E-state index in [1.807, 2.05) is 54.6 Å². The van der Waals surface area contributed by atoms with Crippen LogP contribution in [0.25, 0.3) is 0 Å². The Bertz CT molecular complexity index is 922. The third kappa shape index (κ3) is 3.68. The van der Waals surface area contributed by atoms with Crippen LogP contribution in [0.4, 0.5) is 0 Å². The van der Waals surface area contributed by atoms with Gasteiger partial charge in [0.2, 0.25) is 0 Å². The number of methoxy groups -OCH3 is 1. The molecule has 7 nitrogen and oxygen atoms in total. The summed E-state index contributed by atoms with van der Waals surface area (Å²) in [5, 5.41) is 11.1. The molecular formula is C20H20N4O3. The SMILES string of the molecule is COc1ccc(CNC(=O)c2nnn3c2CO[C@@H](c2ccccc2)C3)cc1. The Morgan fingerprint density at radius 3 is 2.74 bits per heavy atom. The number of carbonyl (C=O) groups excluding carboxylic acids is 1. The topological polar surface area (TPSA) is 78.3 Å². The van der Waals surface area contributed by atoms with E-state index < -0.39 is 0 Å². The first-order chi connectivity index (χ1) is 13.2. The van der Waals surface area contributed by atoms with Gasteiger partial charge in [0.1, 0.15) is 11.9 Å². The van der Waals surface area contributed by atoms with Crippen molar-refractivity contribution in [2.45, 2.75) is 25.8 Å². The summed E-state index contributed by atoms with van der Waals surface area (Å²) in [6, 6.07) is 17.5. The average molecular weight is 364 g/mol. The van der Waals surface area contributed by atoms with Gasteiger partial charge in [0.25, 0.3) is 5.91 Å². The van der Waals surface area contributed by atoms with Crippen molar-refractivity contribution in [2.24, 2.45) is 0 Å². The third-order valence-corrected chi connectivity index (χ3v) is 4.60. The van der Waals surface area contributed by atoms with Crippen molar-refractivity contribution >= 4 is 5.91 Å². The maximum atomic E-state index is 12.5. The predicted molar refractivity (Wildman–Crippen MR) is 98.2 cm³/mol. The summed E-state index contributed by atoms with van der Waals surface area (Å²) in [5.41, 5.74) is 3.08. The van der Waals surface area contributed by atoms with Crippen molar-refractivity contribution in [3.8, 4) is 5.75 Å². The largest absolute Gasteiger partial charge is 0.497 e. The van der Waals surface area contributed by atoms with Gasteiger partial charge in [-0.15, -0.1) is 5.10 Å². The zero-order valence-corrected chi connectivity index (χ0v) is 15.0. The molecule has 3 aromatic rings. The molecule has 0 unspecified atom stereocenters. The fourth-order valence-electron chi connectivity index (χ4n) is 3.07. The van der Waals surface area contributed by atoms with Crippen LogP contribution in [0.15, 0.2) is 54.6 Å². The minimum absolute atomic E-state index is 0.0874. The average Bonchev–Trinajstić information content (AvgIpc) is 3.16. The lowest BCUT2D eigenvalue weighted by atomic mass is 10.1. The van der Waals surface area contributed by atoms with Crippen molar-refractivity contribution in [1.82, 2.24) is 20.3 Å². The number of ether oxygens (including phenoxy) is 2. The van der Waals surface area contributed by atoms with Crippen molar-refractivity contribution in [3.63, 3.8) is 0 Å². The molecule has 1 atom stereocenters. The number of hydrogen-bond acceptors (Lipinski definition) is 5. The number of rotatable bonds is 5. The van der Waals surface area contributed by atoms with Crippen LogP contribution in [-0.4, -0.2) is 28.0 Å². The monoisotopic (exact) mass is 364 g/mol. The lowest BCUT2D eigenvalue weighted by Crippen LogP contribution is -2.27. The van der Waals surface area contributed by atoms with Gasteiger partial charge in [0.15, 0.2) is 5.69 Å². The van der Waals surface area contributed by atoms with Gasteiger partial charge < -0.3 is 14.8 Å². The first-order valence-corrected chi connectivity index (χ1v) is 8.74. The van der Waals surface area contributed by atoms with Crippen molar-refractivity contribution in [1.29, 1.82) is 0 Å². The minimum Gasteiger partial charge on any atom is -0.497 e. The number of nitrogens with one attached hydrogen (secondary N) is 1. The van der Waals surface area contributed by atoms with E-state index >= 15 is 0 Å². The second kappa shape index (κ2) is 7.59. The summed E-state index contributed by atoms with van der Waals surface area (Å²) in [7, 11) is 1.62. The van der Waals surface area contributed by atoms with Gasteiger partial charge in [-0.3, -0.25) is 4.79 Å². The molecule has 0 radical (unpaired) electrons. The number of benzene rings is 2. The molecule has 0 saturated carbocycles. The van der Waals surface area contributed by atoms with Crippen LogP contribution in [0.1, 0.15) is 33.4 Å². The lowest BCUT2D eigenvalue weighted by molar-refractivity contribution is -0.00177. The highest BCUT2D eigenvalue weighted by Gasteiger charge is 2.27. The van der Waals surface area contributed by atoms with Gasteiger partial charge in [0.05, 0.1) is 26.0 Å². The molecule has 2 heterocycles. The summed E-state index contributed by atoms with van der Waals surface area (Å²) in [4.78, 5) is 12.5. The Balaban J connectivity index is 1.42. The first kappa shape index (κ1) is 17.2. The molecular weight excluding hydrogens is 344 g/mol. The Morgan fingerprint density at radius 1 is 1.22 bits per heavy atom. The van der Waals surface area contributed by atoms with Gasteiger partial charge in [-0.05, 0) is 23.3 Å². The summed E-state index contributed by atoms with van der Waals surface area (Å²) in [5.74, 6) is 0.524. The second-order valence-electron chi connectivity index (χ2n) is 6.31. The maximum Gasteiger partial charge on any atom is 0.274 e. The summed E-state index contributed by atoms with van der Waals surface area (Å²) in [6.07, 6.45) is -0.0874. The van der Waals surface area contributed by atoms with Crippen LogP contribution in [0.5, 0.6) is 5.75 Å². The van der Waals surface area contributed by atoms with Gasteiger partial charge in [0, 0.05) is 6.54 Å². The van der Waals surface area contributed by atoms with Crippen molar-refractivity contribution in [3.05, 3.63) is 77.1 Å². The summed E-state index contributed by atoms with van der Waals surface area (Å²) in [6.45, 7) is 1.25. The van der Waals surface area contributed by atoms with Crippen LogP contribution in [0, 0.1) is 0 Å². The van der Waals surface area contributed by atoms with E-state index in [9.17, 15) is 4.79 Å². The molecule has 1 aliphatic rings.